The van der Waals surface area contributed by atoms with Crippen LogP contribution in [0.5, 0.6) is 5.75 Å². The van der Waals surface area contributed by atoms with Crippen molar-refractivity contribution in [2.75, 3.05) is 38.6 Å². The molecule has 2 aromatic heterocycles. The molecule has 14 heteroatoms. The maximum Gasteiger partial charge on any atom is 0.352 e. The molecule has 0 saturated heterocycles. The van der Waals surface area contributed by atoms with E-state index in [1.165, 1.54) is 0 Å². The molecule has 5 aromatic rings. The highest BCUT2D eigenvalue weighted by Gasteiger charge is 2.24. The largest absolute Gasteiger partial charge is 0.494 e. The third-order valence-electron chi connectivity index (χ3n) is 10.1. The highest BCUT2D eigenvalue weighted by atomic mass is 35.5. The number of carbonyl (C=O) groups excluding carboxylic acids is 2. The summed E-state index contributed by atoms with van der Waals surface area (Å²) in [4.78, 5) is 31.7. The number of likely N-dealkylation sites (N-methyl/N-ethyl adjacent to an activating group) is 1. The number of carbonyl (C=O) groups is 3. The molecule has 0 saturated carbocycles. The number of nitrogens with one attached hydrogen (secondary N) is 4. The average molecular weight is 863 g/mol. The number of aryl methyl sites for hydroxylation is 5. The van der Waals surface area contributed by atoms with Gasteiger partial charge in [0.15, 0.2) is 0 Å². The molecule has 0 aliphatic carbocycles. The van der Waals surface area contributed by atoms with Gasteiger partial charge in [-0.15, -0.1) is 0 Å². The lowest BCUT2D eigenvalue weighted by Crippen LogP contribution is -2.30. The molecule has 0 bridgehead atoms. The third-order valence-corrected chi connectivity index (χ3v) is 11.0. The molecule has 1 amide bonds. The Balaban J connectivity index is 0.00000233. The maximum atomic E-state index is 12.4. The lowest BCUT2D eigenvalue weighted by Gasteiger charge is -2.24. The molecule has 0 unspecified atom stereocenters. The van der Waals surface area contributed by atoms with Crippen molar-refractivity contribution in [1.29, 1.82) is 0 Å². The smallest absolute Gasteiger partial charge is 0.352 e. The molecule has 0 aliphatic rings. The Morgan fingerprint density at radius 1 is 1.00 bits per heavy atom. The van der Waals surface area contributed by atoms with Crippen LogP contribution in [0.1, 0.15) is 83.3 Å². The number of anilines is 1. The van der Waals surface area contributed by atoms with E-state index in [1.54, 1.807) is 17.7 Å². The standard InChI is InChI=1S/C43H53Cl2N7O4.C2H6.CH2O/c1-25-16-34(17-26(2)40(25)45)56-15-9-10-31(20-32-18-30(23-47-14-13-46-6)19-33-21-37(43(54)55)51(7)42(32)33)35-11-12-36(44)39(38-28(4)50-52(8)29(38)5)41(35)49-27(3)22-48-24-53;2*1-2/h11-12,16-21,24,27,46-47,49H,9-10,13-15,22-23H2,1-8H3,(H,48,53)(H,54,55);1-2H3;1H2/b31-20+;;/t27-;;/m1../s1. The van der Waals surface area contributed by atoms with Crippen molar-refractivity contribution in [2.24, 2.45) is 14.1 Å². The summed E-state index contributed by atoms with van der Waals surface area (Å²) in [5.41, 5.74) is 11.1. The summed E-state index contributed by atoms with van der Waals surface area (Å²) in [6, 6.07) is 13.6. The summed E-state index contributed by atoms with van der Waals surface area (Å²) in [6.07, 6.45) is 4.13. The van der Waals surface area contributed by atoms with Gasteiger partial charge in [0.05, 0.1) is 28.5 Å². The van der Waals surface area contributed by atoms with Crippen molar-refractivity contribution in [1.82, 2.24) is 30.3 Å². The van der Waals surface area contributed by atoms with E-state index in [9.17, 15) is 14.7 Å². The van der Waals surface area contributed by atoms with Gasteiger partial charge in [-0.05, 0) is 125 Å². The second-order valence-electron chi connectivity index (χ2n) is 14.4. The number of fused-ring (bicyclic) bond motifs is 1. The number of benzene rings is 3. The number of aromatic nitrogens is 3. The van der Waals surface area contributed by atoms with Crippen molar-refractivity contribution < 1.29 is 24.2 Å². The number of hydrogen-bond acceptors (Lipinski definition) is 8. The van der Waals surface area contributed by atoms with Crippen LogP contribution in [0.25, 0.3) is 33.7 Å². The van der Waals surface area contributed by atoms with E-state index < -0.39 is 5.97 Å². The molecule has 5 rings (SSSR count). The van der Waals surface area contributed by atoms with Gasteiger partial charge in [-0.1, -0.05) is 43.1 Å². The molecular formula is C46H61Cl2N7O5. The van der Waals surface area contributed by atoms with Crippen LogP contribution in [0.3, 0.4) is 0 Å². The lowest BCUT2D eigenvalue weighted by atomic mass is 9.90. The summed E-state index contributed by atoms with van der Waals surface area (Å²) >= 11 is 13.6. The molecule has 324 valence electrons. The van der Waals surface area contributed by atoms with Gasteiger partial charge in [-0.2, -0.15) is 5.10 Å². The Morgan fingerprint density at radius 2 is 1.68 bits per heavy atom. The predicted molar refractivity (Wildman–Crippen MR) is 248 cm³/mol. The molecule has 60 heavy (non-hydrogen) atoms. The number of ether oxygens (including phenoxy) is 1. The SMILES string of the molecule is C=O.CC.CNCCNCc1cc(/C=C(\CCCOc2cc(C)c(Cl)c(C)c2)c2ccc(Cl)c(-c3c(C)nn(C)c3C)c2N[C@H](C)CNC=O)c2c(c1)cc(C(=O)O)n2C. The van der Waals surface area contributed by atoms with E-state index in [1.807, 2.05) is 98.3 Å². The number of rotatable bonds is 19. The molecule has 3 aromatic carbocycles. The predicted octanol–water partition coefficient (Wildman–Crippen LogP) is 8.91. The number of nitrogens with zero attached hydrogens (tertiary/aromatic N) is 3. The zero-order valence-electron chi connectivity index (χ0n) is 36.6. The fraction of sp³-hybridized carbons (Fsp3) is 0.391. The van der Waals surface area contributed by atoms with E-state index in [4.69, 9.17) is 37.8 Å². The van der Waals surface area contributed by atoms with Crippen LogP contribution in [0.15, 0.2) is 42.5 Å². The van der Waals surface area contributed by atoms with E-state index in [2.05, 4.69) is 39.5 Å². The van der Waals surface area contributed by atoms with Crippen molar-refractivity contribution in [2.45, 2.75) is 73.9 Å². The second-order valence-corrected chi connectivity index (χ2v) is 15.2. The van der Waals surface area contributed by atoms with E-state index >= 15 is 0 Å². The summed E-state index contributed by atoms with van der Waals surface area (Å²) in [5.74, 6) is -0.235. The number of amides is 1. The molecule has 0 radical (unpaired) electrons. The Hall–Kier alpha value is -5.14. The van der Waals surface area contributed by atoms with Gasteiger partial charge in [0.2, 0.25) is 6.41 Å². The first-order valence-corrected chi connectivity index (χ1v) is 20.9. The van der Waals surface area contributed by atoms with Gasteiger partial charge < -0.3 is 40.5 Å². The molecule has 1 atom stereocenters. The van der Waals surface area contributed by atoms with Crippen molar-refractivity contribution >= 4 is 70.6 Å². The Kier molecular flexibility index (Phi) is 19.4. The average Bonchev–Trinajstić information content (AvgIpc) is 3.70. The number of hydrogen-bond donors (Lipinski definition) is 5. The van der Waals surface area contributed by atoms with Gasteiger partial charge in [-0.25, -0.2) is 4.79 Å². The zero-order valence-corrected chi connectivity index (χ0v) is 38.1. The Morgan fingerprint density at radius 3 is 2.28 bits per heavy atom. The highest BCUT2D eigenvalue weighted by molar-refractivity contribution is 6.34. The van der Waals surface area contributed by atoms with Crippen molar-refractivity contribution in [3.8, 4) is 16.9 Å². The van der Waals surface area contributed by atoms with E-state index in [-0.39, 0.29) is 11.7 Å². The van der Waals surface area contributed by atoms with Gasteiger partial charge >= 0.3 is 5.97 Å². The topological polar surface area (TPSA) is 152 Å². The number of halogens is 2. The van der Waals surface area contributed by atoms with Crippen LogP contribution in [0, 0.1) is 27.7 Å². The molecule has 0 spiro atoms. The zero-order chi connectivity index (χ0) is 44.7. The van der Waals surface area contributed by atoms with Crippen LogP contribution in [0.2, 0.25) is 10.0 Å². The quantitative estimate of drug-likeness (QED) is 0.0312. The summed E-state index contributed by atoms with van der Waals surface area (Å²) in [7, 11) is 5.62. The fourth-order valence-corrected chi connectivity index (χ4v) is 7.64. The first kappa shape index (κ1) is 49.2. The third kappa shape index (κ3) is 12.0. The minimum absolute atomic E-state index is 0.167. The Labute approximate surface area is 364 Å². The number of aromatic carboxylic acids is 1. The summed E-state index contributed by atoms with van der Waals surface area (Å²) in [6.45, 7) is 19.0. The number of carboxylic acid groups (broad SMARTS) is 1. The van der Waals surface area contributed by atoms with E-state index in [0.717, 1.165) is 96.4 Å². The molecule has 2 heterocycles. The Bertz CT molecular complexity index is 2260. The van der Waals surface area contributed by atoms with Crippen LogP contribution >= 0.6 is 23.2 Å². The number of allylic oxidation sites excluding steroid dienone is 1. The second kappa shape index (κ2) is 23.6. The van der Waals surface area contributed by atoms with Crippen LogP contribution in [-0.2, 0) is 30.2 Å². The minimum Gasteiger partial charge on any atom is -0.494 e. The highest BCUT2D eigenvalue weighted by Crippen LogP contribution is 2.44. The fourth-order valence-electron chi connectivity index (χ4n) is 7.28. The molecular weight excluding hydrogens is 801 g/mol. The van der Waals surface area contributed by atoms with E-state index in [0.29, 0.717) is 44.0 Å². The first-order chi connectivity index (χ1) is 28.7. The van der Waals surface area contributed by atoms with Crippen molar-refractivity contribution in [3.63, 3.8) is 0 Å². The lowest BCUT2D eigenvalue weighted by molar-refractivity contribution is -0.109. The van der Waals surface area contributed by atoms with Crippen LogP contribution < -0.4 is 26.0 Å². The summed E-state index contributed by atoms with van der Waals surface area (Å²) in [5, 5.41) is 30.2. The van der Waals surface area contributed by atoms with Gasteiger partial charge in [-0.3, -0.25) is 9.48 Å². The first-order valence-electron chi connectivity index (χ1n) is 20.1. The van der Waals surface area contributed by atoms with Gasteiger partial charge in [0.25, 0.3) is 0 Å². The van der Waals surface area contributed by atoms with Gasteiger partial charge in [0, 0.05) is 79.1 Å². The van der Waals surface area contributed by atoms with Crippen molar-refractivity contribution in [3.05, 3.63) is 97.4 Å². The molecule has 0 fully saturated rings. The van der Waals surface area contributed by atoms with Gasteiger partial charge in [0.1, 0.15) is 18.2 Å². The molecule has 12 nitrogen and oxygen atoms in total. The molecule has 5 N–H and O–H groups in total. The maximum absolute atomic E-state index is 12.4. The number of carboxylic acids is 1. The van der Waals surface area contributed by atoms with Crippen LogP contribution in [0.4, 0.5) is 5.69 Å². The summed E-state index contributed by atoms with van der Waals surface area (Å²) < 4.78 is 9.89. The monoisotopic (exact) mass is 861 g/mol. The normalized spacial score (nSPS) is 11.6. The minimum atomic E-state index is -0.994. The van der Waals surface area contributed by atoms with Crippen LogP contribution in [-0.4, -0.2) is 78.0 Å². The molecule has 0 aliphatic heterocycles.